The molecule has 2 aromatic carbocycles. The maximum atomic E-state index is 13.3. The molecule has 5 aromatic rings. The molecule has 0 aliphatic rings. The molecular weight excluding hydrogens is 395 g/mol. The Morgan fingerprint density at radius 2 is 1.77 bits per heavy atom. The number of aryl methyl sites for hydroxylation is 4. The Bertz CT molecular complexity index is 1460. The van der Waals surface area contributed by atoms with Crippen LogP contribution in [0.2, 0.25) is 0 Å². The molecule has 0 saturated carbocycles. The van der Waals surface area contributed by atoms with Crippen molar-refractivity contribution in [2.24, 2.45) is 0 Å². The summed E-state index contributed by atoms with van der Waals surface area (Å²) in [7, 11) is 0. The topological polar surface area (TPSA) is 70.0 Å². The van der Waals surface area contributed by atoms with E-state index in [9.17, 15) is 9.18 Å². The highest BCUT2D eigenvalue weighted by atomic mass is 19.1. The van der Waals surface area contributed by atoms with Crippen molar-refractivity contribution in [3.8, 4) is 0 Å². The zero-order valence-electron chi connectivity index (χ0n) is 17.3. The van der Waals surface area contributed by atoms with Gasteiger partial charge in [-0.25, -0.2) is 14.2 Å². The second-order valence-electron chi connectivity index (χ2n) is 7.68. The van der Waals surface area contributed by atoms with E-state index in [-0.39, 0.29) is 11.5 Å². The van der Waals surface area contributed by atoms with Crippen molar-refractivity contribution < 1.29 is 4.39 Å². The van der Waals surface area contributed by atoms with E-state index in [4.69, 9.17) is 0 Å². The summed E-state index contributed by atoms with van der Waals surface area (Å²) in [5, 5.41) is 9.82. The first-order chi connectivity index (χ1) is 15.0. The molecule has 0 spiro atoms. The van der Waals surface area contributed by atoms with Crippen LogP contribution in [-0.2, 0) is 19.5 Å². The minimum absolute atomic E-state index is 0.275. The number of para-hydroxylation sites is 1. The molecule has 5 rings (SSSR count). The summed E-state index contributed by atoms with van der Waals surface area (Å²) in [5.74, 6) is 0.286. The van der Waals surface area contributed by atoms with Crippen LogP contribution in [-0.4, -0.2) is 28.9 Å². The molecule has 3 heterocycles. The predicted octanol–water partition coefficient (Wildman–Crippen LogP) is 3.29. The zero-order chi connectivity index (χ0) is 21.5. The number of nitrogens with zero attached hydrogens (tertiary/aromatic N) is 6. The number of hydrogen-bond donors (Lipinski definition) is 0. The fourth-order valence-electron chi connectivity index (χ4n) is 3.92. The third-order valence-corrected chi connectivity index (χ3v) is 5.40. The molecule has 0 unspecified atom stereocenters. The van der Waals surface area contributed by atoms with Crippen molar-refractivity contribution in [2.75, 3.05) is 0 Å². The van der Waals surface area contributed by atoms with E-state index in [1.165, 1.54) is 16.6 Å². The van der Waals surface area contributed by atoms with Gasteiger partial charge in [0.1, 0.15) is 5.82 Å². The second kappa shape index (κ2) is 7.46. The Morgan fingerprint density at radius 3 is 2.52 bits per heavy atom. The van der Waals surface area contributed by atoms with Crippen LogP contribution in [0.15, 0.2) is 59.4 Å². The first-order valence-electron chi connectivity index (χ1n) is 10.1. The summed E-state index contributed by atoms with van der Waals surface area (Å²) < 4.78 is 18.2. The maximum absolute atomic E-state index is 13.3. The first-order valence-corrected chi connectivity index (χ1v) is 10.1. The van der Waals surface area contributed by atoms with Gasteiger partial charge in [-0.15, -0.1) is 5.10 Å². The van der Waals surface area contributed by atoms with E-state index in [0.717, 1.165) is 27.9 Å². The van der Waals surface area contributed by atoms with Crippen LogP contribution in [0.5, 0.6) is 0 Å². The predicted molar refractivity (Wildman–Crippen MR) is 116 cm³/mol. The van der Waals surface area contributed by atoms with E-state index in [1.807, 2.05) is 48.9 Å². The van der Waals surface area contributed by atoms with Gasteiger partial charge < -0.3 is 0 Å². The average Bonchev–Trinajstić information content (AvgIpc) is 3.33. The summed E-state index contributed by atoms with van der Waals surface area (Å²) in [6, 6.07) is 15.8. The maximum Gasteiger partial charge on any atom is 0.351 e. The van der Waals surface area contributed by atoms with Crippen LogP contribution in [0.25, 0.3) is 16.6 Å². The largest absolute Gasteiger partial charge is 0.351 e. The van der Waals surface area contributed by atoms with E-state index >= 15 is 0 Å². The molecule has 156 valence electrons. The highest BCUT2D eigenvalue weighted by Gasteiger charge is 2.15. The van der Waals surface area contributed by atoms with Crippen LogP contribution in [0.1, 0.15) is 22.8 Å². The quantitative estimate of drug-likeness (QED) is 0.441. The third kappa shape index (κ3) is 3.50. The van der Waals surface area contributed by atoms with Crippen molar-refractivity contribution in [1.82, 2.24) is 28.9 Å². The van der Waals surface area contributed by atoms with Crippen LogP contribution < -0.4 is 5.69 Å². The molecule has 0 fully saturated rings. The Morgan fingerprint density at radius 1 is 1.00 bits per heavy atom. The SMILES string of the molecule is Cc1cc(C)n(CCc2nc3c4ccccc4n(Cc4ccc(F)cc4)c(=O)n3n2)n1. The van der Waals surface area contributed by atoms with Crippen LogP contribution >= 0.6 is 0 Å². The van der Waals surface area contributed by atoms with Gasteiger partial charge in [0, 0.05) is 24.0 Å². The van der Waals surface area contributed by atoms with Crippen LogP contribution in [0, 0.1) is 19.7 Å². The number of fused-ring (bicyclic) bond motifs is 3. The van der Waals surface area contributed by atoms with E-state index in [0.29, 0.717) is 31.0 Å². The molecule has 0 aliphatic heterocycles. The number of aromatic nitrogens is 6. The van der Waals surface area contributed by atoms with Gasteiger partial charge in [-0.05, 0) is 49.7 Å². The molecule has 3 aromatic heterocycles. The molecule has 31 heavy (non-hydrogen) atoms. The molecule has 0 amide bonds. The Balaban J connectivity index is 1.58. The lowest BCUT2D eigenvalue weighted by Gasteiger charge is -2.11. The summed E-state index contributed by atoms with van der Waals surface area (Å²) in [4.78, 5) is 18.0. The first kappa shape index (κ1) is 19.2. The Kier molecular flexibility index (Phi) is 4.62. The molecular formula is C23H21FN6O. The van der Waals surface area contributed by atoms with E-state index in [1.54, 1.807) is 16.7 Å². The molecule has 0 N–H and O–H groups in total. The van der Waals surface area contributed by atoms with Crippen molar-refractivity contribution >= 4 is 16.6 Å². The van der Waals surface area contributed by atoms with Gasteiger partial charge in [0.25, 0.3) is 0 Å². The van der Waals surface area contributed by atoms with Crippen LogP contribution in [0.4, 0.5) is 4.39 Å². The fraction of sp³-hybridized carbons (Fsp3) is 0.217. The number of benzene rings is 2. The van der Waals surface area contributed by atoms with Gasteiger partial charge in [-0.3, -0.25) is 9.25 Å². The van der Waals surface area contributed by atoms with Gasteiger partial charge in [0.05, 0.1) is 17.8 Å². The summed E-state index contributed by atoms with van der Waals surface area (Å²) in [6.45, 7) is 4.93. The molecule has 0 radical (unpaired) electrons. The van der Waals surface area contributed by atoms with Crippen molar-refractivity contribution in [3.05, 3.63) is 93.7 Å². The number of halogens is 1. The Hall–Kier alpha value is -3.81. The van der Waals surface area contributed by atoms with Gasteiger partial charge in [-0.2, -0.15) is 9.61 Å². The summed E-state index contributed by atoms with van der Waals surface area (Å²) in [6.07, 6.45) is 0.565. The third-order valence-electron chi connectivity index (χ3n) is 5.40. The minimum Gasteiger partial charge on any atom is -0.287 e. The summed E-state index contributed by atoms with van der Waals surface area (Å²) >= 11 is 0. The fourth-order valence-corrected chi connectivity index (χ4v) is 3.92. The average molecular weight is 416 g/mol. The van der Waals surface area contributed by atoms with Gasteiger partial charge in [0.15, 0.2) is 11.5 Å². The molecule has 8 heteroatoms. The van der Waals surface area contributed by atoms with Crippen molar-refractivity contribution in [3.63, 3.8) is 0 Å². The highest BCUT2D eigenvalue weighted by molar-refractivity contribution is 5.91. The van der Waals surface area contributed by atoms with Crippen LogP contribution in [0.3, 0.4) is 0 Å². The minimum atomic E-state index is -0.306. The van der Waals surface area contributed by atoms with Gasteiger partial charge in [-0.1, -0.05) is 24.3 Å². The second-order valence-corrected chi connectivity index (χ2v) is 7.68. The van der Waals surface area contributed by atoms with E-state index in [2.05, 4.69) is 15.2 Å². The van der Waals surface area contributed by atoms with Crippen molar-refractivity contribution in [2.45, 2.75) is 33.4 Å². The lowest BCUT2D eigenvalue weighted by atomic mass is 10.2. The van der Waals surface area contributed by atoms with E-state index < -0.39 is 0 Å². The zero-order valence-corrected chi connectivity index (χ0v) is 17.3. The molecule has 0 aliphatic carbocycles. The lowest BCUT2D eigenvalue weighted by molar-refractivity contribution is 0.580. The standard InChI is InChI=1S/C23H21FN6O/c1-15-13-16(2)29(26-15)12-11-21-25-22-19-5-3-4-6-20(19)28(23(31)30(22)27-21)14-17-7-9-18(24)10-8-17/h3-10,13H,11-12,14H2,1-2H3. The molecule has 7 nitrogen and oxygen atoms in total. The molecule has 0 atom stereocenters. The van der Waals surface area contributed by atoms with Crippen molar-refractivity contribution in [1.29, 1.82) is 0 Å². The molecule has 0 saturated heterocycles. The van der Waals surface area contributed by atoms with Gasteiger partial charge in [0.2, 0.25) is 0 Å². The monoisotopic (exact) mass is 416 g/mol. The Labute approximate surface area is 177 Å². The van der Waals surface area contributed by atoms with Gasteiger partial charge >= 0.3 is 5.69 Å². The lowest BCUT2D eigenvalue weighted by Crippen LogP contribution is -2.28. The normalized spacial score (nSPS) is 11.6. The highest BCUT2D eigenvalue weighted by Crippen LogP contribution is 2.18. The molecule has 0 bridgehead atoms. The number of rotatable bonds is 5. The smallest absolute Gasteiger partial charge is 0.287 e. The summed E-state index contributed by atoms with van der Waals surface area (Å²) in [5.41, 5.74) is 3.91. The number of hydrogen-bond acceptors (Lipinski definition) is 4.